The summed E-state index contributed by atoms with van der Waals surface area (Å²) in [7, 11) is 1.60. The SMILES string of the molecule is CCCCCCN1C(=O)/C(=C\c2c(C)c(C#N)c(=O)n(C)c2NCc2ccccc2Cl)SC1=S. The van der Waals surface area contributed by atoms with Crippen LogP contribution < -0.4 is 10.9 Å². The number of nitrogens with one attached hydrogen (secondary N) is 1. The molecule has 178 valence electrons. The fourth-order valence-electron chi connectivity index (χ4n) is 3.79. The normalized spacial score (nSPS) is 14.7. The first-order chi connectivity index (χ1) is 16.3. The summed E-state index contributed by atoms with van der Waals surface area (Å²) in [5.74, 6) is 0.366. The smallest absolute Gasteiger partial charge is 0.270 e. The number of carbonyl (C=O) groups is 1. The minimum Gasteiger partial charge on any atom is -0.367 e. The minimum atomic E-state index is -0.401. The van der Waals surface area contributed by atoms with E-state index >= 15 is 0 Å². The molecule has 0 spiro atoms. The van der Waals surface area contributed by atoms with Crippen LogP contribution in [0.2, 0.25) is 5.02 Å². The van der Waals surface area contributed by atoms with Crippen LogP contribution in [0.25, 0.3) is 6.08 Å². The number of benzene rings is 1. The number of nitriles is 1. The predicted molar refractivity (Wildman–Crippen MR) is 144 cm³/mol. The van der Waals surface area contributed by atoms with E-state index in [0.29, 0.717) is 44.3 Å². The van der Waals surface area contributed by atoms with Gasteiger partial charge in [-0.1, -0.05) is 80.0 Å². The number of aromatic nitrogens is 1. The number of hydrogen-bond donors (Lipinski definition) is 1. The van der Waals surface area contributed by atoms with Crippen molar-refractivity contribution in [3.05, 3.63) is 66.8 Å². The first-order valence-electron chi connectivity index (χ1n) is 11.2. The Morgan fingerprint density at radius 1 is 1.24 bits per heavy atom. The Hall–Kier alpha value is -2.60. The van der Waals surface area contributed by atoms with E-state index in [1.807, 2.05) is 24.3 Å². The molecule has 0 radical (unpaired) electrons. The van der Waals surface area contributed by atoms with E-state index in [2.05, 4.69) is 12.2 Å². The fourth-order valence-corrected chi connectivity index (χ4v) is 5.28. The highest BCUT2D eigenvalue weighted by molar-refractivity contribution is 8.26. The molecule has 1 amide bonds. The van der Waals surface area contributed by atoms with Crippen molar-refractivity contribution in [2.75, 3.05) is 11.9 Å². The van der Waals surface area contributed by atoms with E-state index in [9.17, 15) is 14.9 Å². The molecule has 9 heteroatoms. The lowest BCUT2D eigenvalue weighted by atomic mass is 10.0. The Morgan fingerprint density at radius 3 is 2.65 bits per heavy atom. The van der Waals surface area contributed by atoms with Crippen LogP contribution in [-0.4, -0.2) is 26.2 Å². The molecule has 0 atom stereocenters. The van der Waals surface area contributed by atoms with Crippen molar-refractivity contribution >= 4 is 57.7 Å². The third-order valence-corrected chi connectivity index (χ3v) is 7.53. The molecule has 2 heterocycles. The molecule has 0 saturated carbocycles. The largest absolute Gasteiger partial charge is 0.367 e. The molecule has 1 N–H and O–H groups in total. The van der Waals surface area contributed by atoms with Gasteiger partial charge in [0.2, 0.25) is 0 Å². The maximum atomic E-state index is 13.1. The zero-order valence-electron chi connectivity index (χ0n) is 19.5. The van der Waals surface area contributed by atoms with Crippen molar-refractivity contribution in [1.82, 2.24) is 9.47 Å². The van der Waals surface area contributed by atoms with Crippen LogP contribution in [0.4, 0.5) is 5.82 Å². The van der Waals surface area contributed by atoms with Crippen LogP contribution in [0.15, 0.2) is 34.0 Å². The molecule has 1 saturated heterocycles. The summed E-state index contributed by atoms with van der Waals surface area (Å²) in [4.78, 5) is 28.0. The van der Waals surface area contributed by atoms with Gasteiger partial charge in [-0.3, -0.25) is 19.1 Å². The number of anilines is 1. The summed E-state index contributed by atoms with van der Waals surface area (Å²) >= 11 is 13.0. The monoisotopic (exact) mass is 514 g/mol. The molecule has 1 aromatic carbocycles. The van der Waals surface area contributed by atoms with E-state index in [-0.39, 0.29) is 11.5 Å². The number of thioether (sulfide) groups is 1. The van der Waals surface area contributed by atoms with Crippen molar-refractivity contribution < 1.29 is 4.79 Å². The maximum Gasteiger partial charge on any atom is 0.270 e. The zero-order valence-corrected chi connectivity index (χ0v) is 21.9. The summed E-state index contributed by atoms with van der Waals surface area (Å²) < 4.78 is 1.93. The van der Waals surface area contributed by atoms with Gasteiger partial charge in [-0.15, -0.1) is 0 Å². The lowest BCUT2D eigenvalue weighted by Crippen LogP contribution is -2.29. The van der Waals surface area contributed by atoms with E-state index in [4.69, 9.17) is 23.8 Å². The van der Waals surface area contributed by atoms with Gasteiger partial charge < -0.3 is 5.32 Å². The van der Waals surface area contributed by atoms with Gasteiger partial charge in [-0.2, -0.15) is 5.26 Å². The quantitative estimate of drug-likeness (QED) is 0.266. The van der Waals surface area contributed by atoms with Gasteiger partial charge in [-0.25, -0.2) is 0 Å². The van der Waals surface area contributed by atoms with Gasteiger partial charge in [0.25, 0.3) is 11.5 Å². The number of hydrogen-bond acceptors (Lipinski definition) is 6. The highest BCUT2D eigenvalue weighted by Crippen LogP contribution is 2.35. The van der Waals surface area contributed by atoms with E-state index in [1.165, 1.54) is 16.3 Å². The average Bonchev–Trinajstić information content (AvgIpc) is 3.08. The van der Waals surface area contributed by atoms with Crippen molar-refractivity contribution in [2.45, 2.75) is 46.1 Å². The first-order valence-corrected chi connectivity index (χ1v) is 12.8. The van der Waals surface area contributed by atoms with Gasteiger partial charge >= 0.3 is 0 Å². The summed E-state index contributed by atoms with van der Waals surface area (Å²) in [6, 6.07) is 9.44. The van der Waals surface area contributed by atoms with Crippen LogP contribution in [0.3, 0.4) is 0 Å². The third-order valence-electron chi connectivity index (χ3n) is 5.79. The standard InChI is InChI=1S/C25H27ClN4O2S2/c1-4-5-6-9-12-30-24(32)21(34-25(30)33)13-18-16(2)19(14-27)23(31)29(3)22(18)28-15-17-10-7-8-11-20(17)26/h7-8,10-11,13,28H,4-6,9,12,15H2,1-3H3/b21-13+. The molecule has 34 heavy (non-hydrogen) atoms. The van der Waals surface area contributed by atoms with Gasteiger partial charge in [-0.05, 0) is 36.6 Å². The Bertz CT molecular complexity index is 1250. The van der Waals surface area contributed by atoms with Gasteiger partial charge in [0.15, 0.2) is 0 Å². The summed E-state index contributed by atoms with van der Waals surface area (Å²) in [5, 5.41) is 13.5. The number of nitrogens with zero attached hydrogens (tertiary/aromatic N) is 3. The summed E-state index contributed by atoms with van der Waals surface area (Å²) in [6.45, 7) is 4.83. The molecule has 1 aliphatic rings. The number of amides is 1. The molecule has 0 bridgehead atoms. The summed E-state index contributed by atoms with van der Waals surface area (Å²) in [6.07, 6.45) is 5.93. The molecular weight excluding hydrogens is 488 g/mol. The number of pyridine rings is 1. The van der Waals surface area contributed by atoms with Crippen LogP contribution in [0, 0.1) is 18.3 Å². The molecule has 3 rings (SSSR count). The van der Waals surface area contributed by atoms with E-state index in [1.54, 1.807) is 31.0 Å². The number of halogens is 1. The molecule has 1 aromatic heterocycles. The van der Waals surface area contributed by atoms with E-state index < -0.39 is 5.56 Å². The molecular formula is C25H27ClN4O2S2. The van der Waals surface area contributed by atoms with Gasteiger partial charge in [0, 0.05) is 30.7 Å². The first kappa shape index (κ1) is 26.0. The van der Waals surface area contributed by atoms with Crippen LogP contribution >= 0.6 is 35.6 Å². The van der Waals surface area contributed by atoms with Crippen LogP contribution in [0.5, 0.6) is 0 Å². The Labute approximate surface area is 214 Å². The topological polar surface area (TPSA) is 78.1 Å². The number of rotatable bonds is 9. The Morgan fingerprint density at radius 2 is 1.97 bits per heavy atom. The predicted octanol–water partition coefficient (Wildman–Crippen LogP) is 5.61. The highest BCUT2D eigenvalue weighted by atomic mass is 35.5. The van der Waals surface area contributed by atoms with Crippen LogP contribution in [-0.2, 0) is 18.4 Å². The van der Waals surface area contributed by atoms with Gasteiger partial charge in [0.05, 0.1) is 4.91 Å². The lowest BCUT2D eigenvalue weighted by molar-refractivity contribution is -0.122. The molecule has 6 nitrogen and oxygen atoms in total. The van der Waals surface area contributed by atoms with E-state index in [0.717, 1.165) is 31.2 Å². The molecule has 1 aliphatic heterocycles. The Balaban J connectivity index is 1.99. The molecule has 2 aromatic rings. The van der Waals surface area contributed by atoms with Crippen molar-refractivity contribution in [3.63, 3.8) is 0 Å². The maximum absolute atomic E-state index is 13.1. The second kappa shape index (κ2) is 11.7. The van der Waals surface area contributed by atoms with Crippen molar-refractivity contribution in [2.24, 2.45) is 7.05 Å². The lowest BCUT2D eigenvalue weighted by Gasteiger charge is -2.18. The third kappa shape index (κ3) is 5.54. The van der Waals surface area contributed by atoms with Crippen LogP contribution in [0.1, 0.15) is 54.9 Å². The second-order valence-corrected chi connectivity index (χ2v) is 10.2. The second-order valence-electron chi connectivity index (χ2n) is 8.08. The van der Waals surface area contributed by atoms with Gasteiger partial charge in [0.1, 0.15) is 21.8 Å². The number of unbranched alkanes of at least 4 members (excludes halogenated alkanes) is 3. The summed E-state index contributed by atoms with van der Waals surface area (Å²) in [5.41, 5.74) is 1.63. The highest BCUT2D eigenvalue weighted by Gasteiger charge is 2.32. The fraction of sp³-hybridized carbons (Fsp3) is 0.360. The molecule has 0 unspecified atom stereocenters. The molecule has 0 aliphatic carbocycles. The zero-order chi connectivity index (χ0) is 24.8. The minimum absolute atomic E-state index is 0.0482. The van der Waals surface area contributed by atoms with Crippen molar-refractivity contribution in [3.8, 4) is 6.07 Å². The number of carbonyl (C=O) groups excluding carboxylic acids is 1. The average molecular weight is 515 g/mol. The Kier molecular flexibility index (Phi) is 8.95. The molecule has 1 fully saturated rings. The van der Waals surface area contributed by atoms with Crippen molar-refractivity contribution in [1.29, 1.82) is 5.26 Å². The number of thiocarbonyl (C=S) groups is 1.